The molecule has 2 nitrogen and oxygen atoms in total. The summed E-state index contributed by atoms with van der Waals surface area (Å²) in [6, 6.07) is 0. The SMILES string of the molecule is CC(CN)c1nc2c(s1)CCC2(C)C. The maximum atomic E-state index is 5.66. The van der Waals surface area contributed by atoms with Crippen LogP contribution in [0.4, 0.5) is 0 Å². The van der Waals surface area contributed by atoms with Crippen molar-refractivity contribution >= 4 is 11.3 Å². The van der Waals surface area contributed by atoms with Crippen molar-refractivity contribution in [2.45, 2.75) is 44.9 Å². The smallest absolute Gasteiger partial charge is 0.0972 e. The van der Waals surface area contributed by atoms with Gasteiger partial charge in [-0.3, -0.25) is 0 Å². The minimum Gasteiger partial charge on any atom is -0.330 e. The minimum atomic E-state index is 0.290. The summed E-state index contributed by atoms with van der Waals surface area (Å²) >= 11 is 1.87. The van der Waals surface area contributed by atoms with Crippen LogP contribution in [0.3, 0.4) is 0 Å². The van der Waals surface area contributed by atoms with Crippen LogP contribution >= 0.6 is 11.3 Å². The van der Waals surface area contributed by atoms with Gasteiger partial charge in [0, 0.05) is 22.8 Å². The van der Waals surface area contributed by atoms with E-state index in [1.165, 1.54) is 28.4 Å². The second kappa shape index (κ2) is 3.31. The highest BCUT2D eigenvalue weighted by atomic mass is 32.1. The highest BCUT2D eigenvalue weighted by molar-refractivity contribution is 7.11. The molecule has 0 saturated carbocycles. The summed E-state index contributed by atoms with van der Waals surface area (Å²) in [5.41, 5.74) is 7.28. The molecule has 0 aliphatic heterocycles. The summed E-state index contributed by atoms with van der Waals surface area (Å²) in [5, 5.41) is 1.23. The number of nitrogens with zero attached hydrogens (tertiary/aromatic N) is 1. The topological polar surface area (TPSA) is 38.9 Å². The zero-order chi connectivity index (χ0) is 10.3. The largest absolute Gasteiger partial charge is 0.330 e. The van der Waals surface area contributed by atoms with E-state index in [1.807, 2.05) is 11.3 Å². The van der Waals surface area contributed by atoms with Gasteiger partial charge in [0.1, 0.15) is 0 Å². The Labute approximate surface area is 89.5 Å². The van der Waals surface area contributed by atoms with Gasteiger partial charge in [-0.25, -0.2) is 4.98 Å². The Balaban J connectivity index is 2.35. The normalized spacial score (nSPS) is 20.9. The van der Waals surface area contributed by atoms with Crippen molar-refractivity contribution in [3.8, 4) is 0 Å². The zero-order valence-corrected chi connectivity index (χ0v) is 9.95. The molecule has 0 spiro atoms. The maximum Gasteiger partial charge on any atom is 0.0972 e. The average Bonchev–Trinajstić information content (AvgIpc) is 2.67. The lowest BCUT2D eigenvalue weighted by molar-refractivity contribution is 0.507. The van der Waals surface area contributed by atoms with Gasteiger partial charge >= 0.3 is 0 Å². The Morgan fingerprint density at radius 2 is 2.29 bits per heavy atom. The van der Waals surface area contributed by atoms with Crippen molar-refractivity contribution in [3.05, 3.63) is 15.6 Å². The van der Waals surface area contributed by atoms with Gasteiger partial charge in [0.2, 0.25) is 0 Å². The van der Waals surface area contributed by atoms with Crippen LogP contribution in [0.1, 0.15) is 48.7 Å². The number of fused-ring (bicyclic) bond motifs is 1. The first-order chi connectivity index (χ1) is 6.54. The van der Waals surface area contributed by atoms with E-state index in [0.717, 1.165) is 0 Å². The lowest BCUT2D eigenvalue weighted by Gasteiger charge is -2.15. The third kappa shape index (κ3) is 1.48. The van der Waals surface area contributed by atoms with Gasteiger partial charge in [-0.15, -0.1) is 11.3 Å². The number of hydrogen-bond acceptors (Lipinski definition) is 3. The highest BCUT2D eigenvalue weighted by Crippen LogP contribution is 2.41. The summed E-state index contributed by atoms with van der Waals surface area (Å²) in [7, 11) is 0. The minimum absolute atomic E-state index is 0.290. The first-order valence-electron chi connectivity index (χ1n) is 5.25. The van der Waals surface area contributed by atoms with Crippen LogP contribution in [-0.2, 0) is 11.8 Å². The van der Waals surface area contributed by atoms with Gasteiger partial charge in [0.25, 0.3) is 0 Å². The number of aryl methyl sites for hydroxylation is 1. The van der Waals surface area contributed by atoms with Crippen LogP contribution in [-0.4, -0.2) is 11.5 Å². The molecule has 1 aliphatic carbocycles. The molecule has 0 bridgehead atoms. The van der Waals surface area contributed by atoms with Crippen LogP contribution in [0.2, 0.25) is 0 Å². The van der Waals surface area contributed by atoms with Crippen LogP contribution in [0, 0.1) is 0 Å². The Morgan fingerprint density at radius 1 is 1.57 bits per heavy atom. The summed E-state index contributed by atoms with van der Waals surface area (Å²) in [6.45, 7) is 7.43. The predicted octanol–water partition coefficient (Wildman–Crippen LogP) is 2.43. The van der Waals surface area contributed by atoms with Gasteiger partial charge in [0.05, 0.1) is 10.7 Å². The van der Waals surface area contributed by atoms with E-state index in [9.17, 15) is 0 Å². The molecule has 1 atom stereocenters. The van der Waals surface area contributed by atoms with Gasteiger partial charge < -0.3 is 5.73 Å². The Kier molecular flexibility index (Phi) is 2.40. The molecule has 1 aromatic rings. The van der Waals surface area contributed by atoms with E-state index in [-0.39, 0.29) is 0 Å². The summed E-state index contributed by atoms with van der Waals surface area (Å²) in [5.74, 6) is 0.418. The molecule has 0 aromatic carbocycles. The lowest BCUT2D eigenvalue weighted by Crippen LogP contribution is -2.14. The summed E-state index contributed by atoms with van der Waals surface area (Å²) in [4.78, 5) is 6.24. The predicted molar refractivity (Wildman–Crippen MR) is 60.9 cm³/mol. The highest BCUT2D eigenvalue weighted by Gasteiger charge is 2.34. The van der Waals surface area contributed by atoms with Gasteiger partial charge in [-0.1, -0.05) is 20.8 Å². The van der Waals surface area contributed by atoms with E-state index in [4.69, 9.17) is 10.7 Å². The van der Waals surface area contributed by atoms with Crippen LogP contribution < -0.4 is 5.73 Å². The fourth-order valence-electron chi connectivity index (χ4n) is 1.92. The van der Waals surface area contributed by atoms with Crippen LogP contribution in [0.5, 0.6) is 0 Å². The molecule has 1 heterocycles. The van der Waals surface area contributed by atoms with Crippen LogP contribution in [0.15, 0.2) is 0 Å². The summed E-state index contributed by atoms with van der Waals surface area (Å²) in [6.07, 6.45) is 2.45. The van der Waals surface area contributed by atoms with E-state index in [1.54, 1.807) is 0 Å². The van der Waals surface area contributed by atoms with Gasteiger partial charge in [0.15, 0.2) is 0 Å². The number of hydrogen-bond donors (Lipinski definition) is 1. The Morgan fingerprint density at radius 3 is 2.86 bits per heavy atom. The molecule has 78 valence electrons. The van der Waals surface area contributed by atoms with Crippen molar-refractivity contribution in [1.82, 2.24) is 4.98 Å². The third-order valence-corrected chi connectivity index (χ3v) is 4.45. The maximum absolute atomic E-state index is 5.66. The molecule has 14 heavy (non-hydrogen) atoms. The van der Waals surface area contributed by atoms with Crippen molar-refractivity contribution in [3.63, 3.8) is 0 Å². The van der Waals surface area contributed by atoms with Gasteiger partial charge in [-0.2, -0.15) is 0 Å². The molecule has 0 radical (unpaired) electrons. The molecule has 0 fully saturated rings. The Bertz CT molecular complexity index is 341. The molecular formula is C11H18N2S. The zero-order valence-electron chi connectivity index (χ0n) is 9.13. The fraction of sp³-hybridized carbons (Fsp3) is 0.727. The third-order valence-electron chi connectivity index (χ3n) is 3.11. The quantitative estimate of drug-likeness (QED) is 0.814. The molecule has 2 rings (SSSR count). The van der Waals surface area contributed by atoms with E-state index >= 15 is 0 Å². The average molecular weight is 210 g/mol. The van der Waals surface area contributed by atoms with Gasteiger partial charge in [-0.05, 0) is 12.8 Å². The first kappa shape index (κ1) is 10.1. The van der Waals surface area contributed by atoms with Crippen molar-refractivity contribution < 1.29 is 0 Å². The monoisotopic (exact) mass is 210 g/mol. The second-order valence-corrected chi connectivity index (χ2v) is 5.96. The Hall–Kier alpha value is -0.410. The molecule has 3 heteroatoms. The van der Waals surface area contributed by atoms with E-state index in [0.29, 0.717) is 17.9 Å². The molecule has 2 N–H and O–H groups in total. The molecule has 0 saturated heterocycles. The van der Waals surface area contributed by atoms with E-state index < -0.39 is 0 Å². The van der Waals surface area contributed by atoms with Crippen LogP contribution in [0.25, 0.3) is 0 Å². The molecule has 1 aliphatic rings. The number of aromatic nitrogens is 1. The summed E-state index contributed by atoms with van der Waals surface area (Å²) < 4.78 is 0. The number of thiazole rings is 1. The molecular weight excluding hydrogens is 192 g/mol. The second-order valence-electron chi connectivity index (χ2n) is 4.84. The van der Waals surface area contributed by atoms with E-state index in [2.05, 4.69) is 20.8 Å². The first-order valence-corrected chi connectivity index (χ1v) is 6.06. The van der Waals surface area contributed by atoms with Crippen molar-refractivity contribution in [1.29, 1.82) is 0 Å². The molecule has 0 amide bonds. The molecule has 1 aromatic heterocycles. The van der Waals surface area contributed by atoms with Crippen molar-refractivity contribution in [2.24, 2.45) is 5.73 Å². The van der Waals surface area contributed by atoms with Crippen molar-refractivity contribution in [2.75, 3.05) is 6.54 Å². The fourth-order valence-corrected chi connectivity index (χ4v) is 3.23. The lowest BCUT2D eigenvalue weighted by atomic mass is 9.91. The standard InChI is InChI=1S/C11H18N2S/c1-7(6-12)10-13-9-8(14-10)4-5-11(9,2)3/h7H,4-6,12H2,1-3H3. The molecule has 1 unspecified atom stereocenters. The number of rotatable bonds is 2. The number of nitrogens with two attached hydrogens (primary N) is 1.